The van der Waals surface area contributed by atoms with Crippen LogP contribution in [-0.2, 0) is 0 Å². The van der Waals surface area contributed by atoms with E-state index in [0.29, 0.717) is 5.75 Å². The van der Waals surface area contributed by atoms with Gasteiger partial charge in [-0.25, -0.2) is 4.39 Å². The van der Waals surface area contributed by atoms with Crippen LogP contribution in [0.15, 0.2) is 48.5 Å². The Bertz CT molecular complexity index is 619. The number of nitrogens with one attached hydrogen (secondary N) is 1. The van der Waals surface area contributed by atoms with Crippen molar-refractivity contribution >= 4 is 17.5 Å². The minimum atomic E-state index is -0.631. The average Bonchev–Trinajstić information content (AvgIpc) is 2.53. The van der Waals surface area contributed by atoms with Crippen molar-refractivity contribution in [1.29, 1.82) is 0 Å². The van der Waals surface area contributed by atoms with E-state index in [2.05, 4.69) is 5.32 Å². The highest BCUT2D eigenvalue weighted by Crippen LogP contribution is 2.19. The fourth-order valence-corrected chi connectivity index (χ4v) is 2.19. The first-order chi connectivity index (χ1) is 10.2. The summed E-state index contributed by atoms with van der Waals surface area (Å²) in [6, 6.07) is 13.0. The van der Waals surface area contributed by atoms with Crippen LogP contribution in [0.3, 0.4) is 0 Å². The lowest BCUT2D eigenvalue weighted by atomic mass is 10.1. The van der Waals surface area contributed by atoms with Crippen LogP contribution in [0.5, 0.6) is 5.75 Å². The first kappa shape index (κ1) is 15.3. The van der Waals surface area contributed by atoms with Gasteiger partial charge in [-0.1, -0.05) is 30.3 Å². The molecular formula is C16H15ClFNO2. The molecule has 0 spiro atoms. The van der Waals surface area contributed by atoms with Crippen molar-refractivity contribution in [2.24, 2.45) is 0 Å². The number of benzene rings is 2. The zero-order valence-corrected chi connectivity index (χ0v) is 12.2. The lowest BCUT2D eigenvalue weighted by Gasteiger charge is -2.17. The van der Waals surface area contributed by atoms with E-state index in [0.717, 1.165) is 5.56 Å². The van der Waals surface area contributed by atoms with Crippen LogP contribution >= 0.6 is 11.6 Å². The van der Waals surface area contributed by atoms with Crippen LogP contribution in [0, 0.1) is 5.82 Å². The molecule has 0 saturated heterocycles. The van der Waals surface area contributed by atoms with Crippen molar-refractivity contribution in [3.63, 3.8) is 0 Å². The van der Waals surface area contributed by atoms with Gasteiger partial charge in [0.05, 0.1) is 18.7 Å². The summed E-state index contributed by atoms with van der Waals surface area (Å²) in [4.78, 5) is 12.2. The Labute approximate surface area is 127 Å². The summed E-state index contributed by atoms with van der Waals surface area (Å²) in [5.41, 5.74) is 0.830. The maximum absolute atomic E-state index is 13.9. The lowest BCUT2D eigenvalue weighted by molar-refractivity contribution is 0.0936. The maximum atomic E-state index is 13.9. The van der Waals surface area contributed by atoms with Gasteiger partial charge >= 0.3 is 0 Å². The first-order valence-corrected chi connectivity index (χ1v) is 6.94. The molecule has 0 aromatic heterocycles. The van der Waals surface area contributed by atoms with Gasteiger partial charge in [0, 0.05) is 11.9 Å². The number of halogens is 2. The molecule has 1 unspecified atom stereocenters. The summed E-state index contributed by atoms with van der Waals surface area (Å²) < 4.78 is 18.8. The van der Waals surface area contributed by atoms with Crippen LogP contribution in [-0.4, -0.2) is 18.9 Å². The van der Waals surface area contributed by atoms with E-state index in [-0.39, 0.29) is 17.5 Å². The van der Waals surface area contributed by atoms with Crippen molar-refractivity contribution in [3.05, 3.63) is 65.5 Å². The van der Waals surface area contributed by atoms with E-state index in [1.165, 1.54) is 25.3 Å². The molecule has 3 nitrogen and oxygen atoms in total. The van der Waals surface area contributed by atoms with Crippen LogP contribution in [0.4, 0.5) is 4.39 Å². The second-order valence-electron chi connectivity index (χ2n) is 4.44. The molecule has 0 heterocycles. The number of rotatable bonds is 5. The molecule has 0 radical (unpaired) electrons. The van der Waals surface area contributed by atoms with Gasteiger partial charge in [-0.15, -0.1) is 11.6 Å². The van der Waals surface area contributed by atoms with Gasteiger partial charge in [0.2, 0.25) is 0 Å². The third-order valence-electron chi connectivity index (χ3n) is 3.08. The Balaban J connectivity index is 2.17. The molecular weight excluding hydrogens is 293 g/mol. The Morgan fingerprint density at radius 2 is 2.00 bits per heavy atom. The number of alkyl halides is 1. The number of hydrogen-bond donors (Lipinski definition) is 1. The smallest absolute Gasteiger partial charge is 0.254 e. The number of ether oxygens (including phenoxy) is 1. The van der Waals surface area contributed by atoms with Crippen LogP contribution < -0.4 is 10.1 Å². The molecule has 0 bridgehead atoms. The van der Waals surface area contributed by atoms with Gasteiger partial charge in [-0.3, -0.25) is 4.79 Å². The third kappa shape index (κ3) is 3.73. The summed E-state index contributed by atoms with van der Waals surface area (Å²) in [5, 5.41) is 2.73. The van der Waals surface area contributed by atoms with Crippen LogP contribution in [0.25, 0.3) is 0 Å². The van der Waals surface area contributed by atoms with Gasteiger partial charge in [0.1, 0.15) is 11.6 Å². The van der Waals surface area contributed by atoms with E-state index >= 15 is 0 Å². The molecule has 110 valence electrons. The normalized spacial score (nSPS) is 11.8. The average molecular weight is 308 g/mol. The minimum Gasteiger partial charge on any atom is -0.497 e. The molecule has 1 amide bonds. The molecule has 2 aromatic carbocycles. The Morgan fingerprint density at radius 3 is 2.57 bits per heavy atom. The van der Waals surface area contributed by atoms with Crippen LogP contribution in [0.2, 0.25) is 0 Å². The van der Waals surface area contributed by atoms with E-state index < -0.39 is 11.7 Å². The van der Waals surface area contributed by atoms with Crippen molar-refractivity contribution in [2.75, 3.05) is 13.0 Å². The monoisotopic (exact) mass is 307 g/mol. The summed E-state index contributed by atoms with van der Waals surface area (Å²) in [6.07, 6.45) is 0. The van der Waals surface area contributed by atoms with Crippen molar-refractivity contribution < 1.29 is 13.9 Å². The molecule has 0 aliphatic rings. The van der Waals surface area contributed by atoms with Gasteiger partial charge in [0.15, 0.2) is 0 Å². The highest BCUT2D eigenvalue weighted by Gasteiger charge is 2.17. The van der Waals surface area contributed by atoms with Gasteiger partial charge in [-0.2, -0.15) is 0 Å². The molecule has 0 aliphatic heterocycles. The minimum absolute atomic E-state index is 0.0400. The standard InChI is InChI=1S/C16H15ClFNO2/c1-21-12-7-8-13(14(18)9-12)16(20)19-15(10-17)11-5-3-2-4-6-11/h2-9,15H,10H2,1H3,(H,19,20). The topological polar surface area (TPSA) is 38.3 Å². The summed E-state index contributed by atoms with van der Waals surface area (Å²) in [6.45, 7) is 0. The highest BCUT2D eigenvalue weighted by molar-refractivity contribution is 6.18. The molecule has 1 atom stereocenters. The number of methoxy groups -OCH3 is 1. The number of hydrogen-bond acceptors (Lipinski definition) is 2. The largest absolute Gasteiger partial charge is 0.497 e. The van der Waals surface area contributed by atoms with E-state index in [9.17, 15) is 9.18 Å². The third-order valence-corrected chi connectivity index (χ3v) is 3.39. The number of carbonyl (C=O) groups is 1. The molecule has 0 fully saturated rings. The Kier molecular flexibility index (Phi) is 5.17. The second kappa shape index (κ2) is 7.09. The molecule has 1 N–H and O–H groups in total. The fraction of sp³-hybridized carbons (Fsp3) is 0.188. The molecule has 2 rings (SSSR count). The Hall–Kier alpha value is -2.07. The zero-order chi connectivity index (χ0) is 15.2. The zero-order valence-electron chi connectivity index (χ0n) is 11.5. The number of carbonyl (C=O) groups excluding carboxylic acids is 1. The van der Waals surface area contributed by atoms with E-state index in [1.54, 1.807) is 0 Å². The molecule has 2 aromatic rings. The van der Waals surface area contributed by atoms with Crippen molar-refractivity contribution in [1.82, 2.24) is 5.32 Å². The summed E-state index contributed by atoms with van der Waals surface area (Å²) in [7, 11) is 1.44. The molecule has 21 heavy (non-hydrogen) atoms. The SMILES string of the molecule is COc1ccc(C(=O)NC(CCl)c2ccccc2)c(F)c1. The van der Waals surface area contributed by atoms with Crippen molar-refractivity contribution in [3.8, 4) is 5.75 Å². The van der Waals surface area contributed by atoms with Gasteiger partial charge in [0.25, 0.3) is 5.91 Å². The quantitative estimate of drug-likeness (QED) is 0.858. The van der Waals surface area contributed by atoms with Crippen molar-refractivity contribution in [2.45, 2.75) is 6.04 Å². The van der Waals surface area contributed by atoms with Gasteiger partial charge < -0.3 is 10.1 Å². The molecule has 0 aliphatic carbocycles. The lowest BCUT2D eigenvalue weighted by Crippen LogP contribution is -2.30. The summed E-state index contributed by atoms with van der Waals surface area (Å²) in [5.74, 6) is -0.577. The van der Waals surface area contributed by atoms with E-state index in [4.69, 9.17) is 16.3 Å². The molecule has 0 saturated carbocycles. The number of amides is 1. The predicted molar refractivity (Wildman–Crippen MR) is 80.3 cm³/mol. The fourth-order valence-electron chi connectivity index (χ4n) is 1.94. The van der Waals surface area contributed by atoms with E-state index in [1.807, 2.05) is 30.3 Å². The van der Waals surface area contributed by atoms with Gasteiger partial charge in [-0.05, 0) is 17.7 Å². The molecule has 5 heteroatoms. The predicted octanol–water partition coefficient (Wildman–Crippen LogP) is 3.54. The second-order valence-corrected chi connectivity index (χ2v) is 4.75. The van der Waals surface area contributed by atoms with Crippen LogP contribution in [0.1, 0.15) is 22.0 Å². The maximum Gasteiger partial charge on any atom is 0.254 e. The first-order valence-electron chi connectivity index (χ1n) is 6.41. The Morgan fingerprint density at radius 1 is 1.29 bits per heavy atom. The summed E-state index contributed by atoms with van der Waals surface area (Å²) >= 11 is 5.89. The highest BCUT2D eigenvalue weighted by atomic mass is 35.5.